The van der Waals surface area contributed by atoms with E-state index in [0.717, 1.165) is 11.1 Å². The molecular formula is C20H24Cl2N2O4. The number of halogens is 2. The first-order valence-electron chi connectivity index (χ1n) is 8.42. The molecule has 0 aliphatic heterocycles. The highest BCUT2D eigenvalue weighted by atomic mass is 35.5. The number of benzene rings is 2. The highest BCUT2D eigenvalue weighted by Gasteiger charge is 2.18. The zero-order valence-electron chi connectivity index (χ0n) is 16.2. The van der Waals surface area contributed by atoms with Gasteiger partial charge in [-0.3, -0.25) is 0 Å². The van der Waals surface area contributed by atoms with Crippen LogP contribution in [0.4, 0.5) is 4.79 Å². The number of ether oxygens (including phenoxy) is 2. The van der Waals surface area contributed by atoms with Gasteiger partial charge >= 0.3 is 12.1 Å². The van der Waals surface area contributed by atoms with Crippen LogP contribution in [0.5, 0.6) is 11.5 Å². The Balaban J connectivity index is 0.00000392. The van der Waals surface area contributed by atoms with Crippen LogP contribution in [0.2, 0.25) is 0 Å². The van der Waals surface area contributed by atoms with Gasteiger partial charge in [0.1, 0.15) is 0 Å². The van der Waals surface area contributed by atoms with E-state index in [9.17, 15) is 9.59 Å². The summed E-state index contributed by atoms with van der Waals surface area (Å²) in [5.74, 6) is -0.268. The minimum Gasteiger partial charge on any atom is -0.419 e. The fourth-order valence-corrected chi connectivity index (χ4v) is 2.50. The van der Waals surface area contributed by atoms with Crippen molar-refractivity contribution in [2.45, 2.75) is 12.3 Å². The monoisotopic (exact) mass is 426 g/mol. The molecule has 1 amide bonds. The van der Waals surface area contributed by atoms with E-state index in [0.29, 0.717) is 12.1 Å². The van der Waals surface area contributed by atoms with Crippen LogP contribution in [0.25, 0.3) is 0 Å². The molecule has 0 saturated carbocycles. The van der Waals surface area contributed by atoms with Crippen molar-refractivity contribution in [3.05, 3.63) is 59.2 Å². The molecule has 1 atom stereocenters. The van der Waals surface area contributed by atoms with E-state index in [-0.39, 0.29) is 29.3 Å². The first-order valence-corrected chi connectivity index (χ1v) is 8.86. The van der Waals surface area contributed by atoms with Crippen LogP contribution >= 0.6 is 24.0 Å². The molecule has 2 aromatic carbocycles. The van der Waals surface area contributed by atoms with Gasteiger partial charge in [0.25, 0.3) is 0 Å². The fourth-order valence-electron chi connectivity index (χ4n) is 2.21. The minimum absolute atomic E-state index is 0. The summed E-state index contributed by atoms with van der Waals surface area (Å²) in [6.07, 6.45) is -0.576. The van der Waals surface area contributed by atoms with Crippen molar-refractivity contribution in [2.24, 2.45) is 0 Å². The predicted octanol–water partition coefficient (Wildman–Crippen LogP) is 4.20. The van der Waals surface area contributed by atoms with Crippen molar-refractivity contribution in [2.75, 3.05) is 27.7 Å². The van der Waals surface area contributed by atoms with Gasteiger partial charge in [-0.05, 0) is 43.8 Å². The highest BCUT2D eigenvalue weighted by Crippen LogP contribution is 2.33. The van der Waals surface area contributed by atoms with Crippen molar-refractivity contribution in [1.29, 1.82) is 0 Å². The van der Waals surface area contributed by atoms with Crippen molar-refractivity contribution >= 4 is 36.1 Å². The van der Waals surface area contributed by atoms with Gasteiger partial charge in [0, 0.05) is 20.6 Å². The van der Waals surface area contributed by atoms with E-state index >= 15 is 0 Å². The molecule has 1 unspecified atom stereocenters. The third-order valence-electron chi connectivity index (χ3n) is 3.77. The largest absolute Gasteiger partial charge is 0.419 e. The van der Waals surface area contributed by atoms with Gasteiger partial charge in [0.15, 0.2) is 11.5 Å². The van der Waals surface area contributed by atoms with Gasteiger partial charge in [-0.25, -0.2) is 9.59 Å². The van der Waals surface area contributed by atoms with Crippen molar-refractivity contribution < 1.29 is 19.1 Å². The van der Waals surface area contributed by atoms with Gasteiger partial charge in [-0.15, -0.1) is 24.0 Å². The molecule has 152 valence electrons. The lowest BCUT2D eigenvalue weighted by molar-refractivity contribution is 0.0728. The first-order chi connectivity index (χ1) is 12.8. The number of esters is 1. The smallest absolute Gasteiger partial charge is 0.414 e. The Morgan fingerprint density at radius 1 is 1.07 bits per heavy atom. The fraction of sp³-hybridized carbons (Fsp3) is 0.300. The third-order valence-corrected chi connectivity index (χ3v) is 4.17. The molecular weight excluding hydrogens is 403 g/mol. The average molecular weight is 427 g/mol. The van der Waals surface area contributed by atoms with E-state index in [1.807, 2.05) is 19.1 Å². The van der Waals surface area contributed by atoms with E-state index in [1.54, 1.807) is 51.5 Å². The van der Waals surface area contributed by atoms with Gasteiger partial charge in [0.2, 0.25) is 0 Å². The number of nitrogens with one attached hydrogen (secondary N) is 1. The third kappa shape index (κ3) is 6.41. The van der Waals surface area contributed by atoms with Gasteiger partial charge in [0.05, 0.1) is 10.9 Å². The Kier molecular flexibility index (Phi) is 9.25. The molecule has 0 bridgehead atoms. The number of hydrogen-bond acceptors (Lipinski definition) is 5. The number of alkyl halides is 1. The van der Waals surface area contributed by atoms with Crippen LogP contribution in [-0.2, 0) is 0 Å². The molecule has 0 radical (unpaired) electrons. The summed E-state index contributed by atoms with van der Waals surface area (Å²) in [7, 11) is 4.92. The summed E-state index contributed by atoms with van der Waals surface area (Å²) in [5.41, 5.74) is 2.17. The van der Waals surface area contributed by atoms with Crippen molar-refractivity contribution in [3.63, 3.8) is 0 Å². The lowest BCUT2D eigenvalue weighted by Crippen LogP contribution is -2.25. The number of hydrogen-bond donors (Lipinski definition) is 1. The van der Waals surface area contributed by atoms with Gasteiger partial charge < -0.3 is 19.7 Å². The van der Waals surface area contributed by atoms with E-state index in [1.165, 1.54) is 4.90 Å². The molecule has 0 heterocycles. The maximum absolute atomic E-state index is 12.5. The zero-order valence-corrected chi connectivity index (χ0v) is 17.8. The van der Waals surface area contributed by atoms with Gasteiger partial charge in [-0.1, -0.05) is 23.8 Å². The lowest BCUT2D eigenvalue weighted by atomic mass is 10.1. The minimum atomic E-state index is -0.576. The van der Waals surface area contributed by atoms with Crippen molar-refractivity contribution in [3.8, 4) is 11.5 Å². The number of rotatable bonds is 6. The Bertz CT molecular complexity index is 810. The average Bonchev–Trinajstić information content (AvgIpc) is 2.63. The Morgan fingerprint density at radius 2 is 1.71 bits per heavy atom. The Hall–Kier alpha value is -2.28. The van der Waals surface area contributed by atoms with E-state index in [2.05, 4.69) is 5.32 Å². The second-order valence-electron chi connectivity index (χ2n) is 6.25. The normalized spacial score (nSPS) is 11.2. The van der Waals surface area contributed by atoms with Crippen LogP contribution in [0.3, 0.4) is 0 Å². The molecule has 0 aliphatic rings. The summed E-state index contributed by atoms with van der Waals surface area (Å²) in [4.78, 5) is 25.7. The first kappa shape index (κ1) is 23.8. The van der Waals surface area contributed by atoms with Crippen LogP contribution in [0.15, 0.2) is 42.5 Å². The van der Waals surface area contributed by atoms with E-state index in [4.69, 9.17) is 21.1 Å². The molecule has 0 spiro atoms. The Morgan fingerprint density at radius 3 is 2.29 bits per heavy atom. The topological polar surface area (TPSA) is 67.9 Å². The molecule has 2 aromatic rings. The van der Waals surface area contributed by atoms with Crippen LogP contribution in [0.1, 0.15) is 26.9 Å². The molecule has 0 fully saturated rings. The maximum atomic E-state index is 12.5. The standard InChI is InChI=1S/C20H23ClN2O4.ClH/c1-13-5-7-14(8-6-13)19(24)26-18-11-15(16(21)12-22-2)9-10-17(18)27-20(25)23(3)4;/h5-11,16,22H,12H2,1-4H3;1H. The molecule has 0 aromatic heterocycles. The number of nitrogens with zero attached hydrogens (tertiary/aromatic N) is 1. The quantitative estimate of drug-likeness (QED) is 0.425. The molecule has 0 aliphatic carbocycles. The van der Waals surface area contributed by atoms with Crippen LogP contribution < -0.4 is 14.8 Å². The molecule has 8 heteroatoms. The molecule has 6 nitrogen and oxygen atoms in total. The predicted molar refractivity (Wildman–Crippen MR) is 112 cm³/mol. The number of amides is 1. The second kappa shape index (κ2) is 10.9. The van der Waals surface area contributed by atoms with Crippen LogP contribution in [0, 0.1) is 6.92 Å². The zero-order chi connectivity index (χ0) is 20.0. The number of carbonyl (C=O) groups excluding carboxylic acids is 2. The number of aryl methyl sites for hydroxylation is 1. The SMILES string of the molecule is CNCC(Cl)c1ccc(OC(=O)N(C)C)c(OC(=O)c2ccc(C)cc2)c1.Cl. The van der Waals surface area contributed by atoms with E-state index < -0.39 is 12.1 Å². The van der Waals surface area contributed by atoms with Crippen LogP contribution in [-0.4, -0.2) is 44.7 Å². The van der Waals surface area contributed by atoms with Gasteiger partial charge in [-0.2, -0.15) is 0 Å². The molecule has 28 heavy (non-hydrogen) atoms. The highest BCUT2D eigenvalue weighted by molar-refractivity contribution is 6.21. The second-order valence-corrected chi connectivity index (χ2v) is 6.78. The van der Waals surface area contributed by atoms with Crippen molar-refractivity contribution in [1.82, 2.24) is 10.2 Å². The summed E-state index contributed by atoms with van der Waals surface area (Å²) in [6.45, 7) is 2.46. The summed E-state index contributed by atoms with van der Waals surface area (Å²) >= 11 is 6.34. The molecule has 2 rings (SSSR count). The maximum Gasteiger partial charge on any atom is 0.414 e. The summed E-state index contributed by atoms with van der Waals surface area (Å²) in [5, 5.41) is 2.66. The summed E-state index contributed by atoms with van der Waals surface area (Å²) < 4.78 is 10.8. The molecule has 1 N–H and O–H groups in total. The number of likely N-dealkylation sites (N-methyl/N-ethyl adjacent to an activating group) is 1. The molecule has 0 saturated heterocycles. The lowest BCUT2D eigenvalue weighted by Gasteiger charge is -2.16. The summed E-state index contributed by atoms with van der Waals surface area (Å²) in [6, 6.07) is 11.9. The number of carbonyl (C=O) groups is 2. The Labute approximate surface area is 176 Å².